The molecule has 0 saturated heterocycles. The number of phosphoric ester groups is 1. The summed E-state index contributed by atoms with van der Waals surface area (Å²) in [6, 6.07) is -1.01. The molecule has 7 nitrogen and oxygen atoms in total. The molecular weight excluding hydrogens is 234 g/mol. The van der Waals surface area contributed by atoms with E-state index in [1.54, 1.807) is 0 Å². The third-order valence-electron chi connectivity index (χ3n) is 1.48. The quantitative estimate of drug-likeness (QED) is 0.254. The molecule has 0 aliphatic carbocycles. The Morgan fingerprint density at radius 3 is 2.33 bits per heavy atom. The number of rotatable bonds is 6. The van der Waals surface area contributed by atoms with E-state index in [-0.39, 0.29) is 29.6 Å². The molecule has 0 aromatic rings. The summed E-state index contributed by atoms with van der Waals surface area (Å²) in [5.74, 6) is -1.09. The summed E-state index contributed by atoms with van der Waals surface area (Å²) < 4.78 is 14.1. The normalized spacial score (nSPS) is 12.8. The molecule has 0 rings (SSSR count). The fourth-order valence-corrected chi connectivity index (χ4v) is 1.18. The van der Waals surface area contributed by atoms with Gasteiger partial charge in [0.1, 0.15) is 6.04 Å². The van der Waals surface area contributed by atoms with Gasteiger partial charge >= 0.3 is 43.3 Å². The van der Waals surface area contributed by atoms with Crippen molar-refractivity contribution in [3.8, 4) is 0 Å². The Labute approximate surface area is 110 Å². The van der Waals surface area contributed by atoms with E-state index < -0.39 is 19.8 Å². The zero-order valence-electron chi connectivity index (χ0n) is 7.63. The van der Waals surface area contributed by atoms with Crippen LogP contribution in [0.15, 0.2) is 0 Å². The van der Waals surface area contributed by atoms with Gasteiger partial charge in [0.05, 0.1) is 0 Å². The SMILES string of the molecule is NCCCC[C@H](N)C(=O)OP(=O)(O)O.[NaH]. The Hall–Kier alpha value is 0.540. The van der Waals surface area contributed by atoms with Crippen LogP contribution in [0.4, 0.5) is 0 Å². The number of hydrogen-bond acceptors (Lipinski definition) is 5. The zero-order valence-corrected chi connectivity index (χ0v) is 8.52. The average molecular weight is 250 g/mol. The Bertz CT molecular complexity index is 234. The minimum absolute atomic E-state index is 0. The third-order valence-corrected chi connectivity index (χ3v) is 1.90. The molecule has 0 fully saturated rings. The van der Waals surface area contributed by atoms with Gasteiger partial charge in [-0.1, -0.05) is 6.42 Å². The van der Waals surface area contributed by atoms with Gasteiger partial charge in [-0.15, -0.1) is 0 Å². The van der Waals surface area contributed by atoms with E-state index in [4.69, 9.17) is 21.3 Å². The van der Waals surface area contributed by atoms with E-state index in [0.29, 0.717) is 25.8 Å². The van der Waals surface area contributed by atoms with Gasteiger partial charge in [-0.3, -0.25) is 9.79 Å². The first-order valence-corrected chi connectivity index (χ1v) is 5.64. The molecular formula is C6H16N2NaO5P. The number of unbranched alkanes of at least 4 members (excludes halogenated alkanes) is 1. The molecule has 0 aromatic heterocycles. The first kappa shape index (κ1) is 17.9. The first-order chi connectivity index (χ1) is 6.37. The Morgan fingerprint density at radius 2 is 1.93 bits per heavy atom. The van der Waals surface area contributed by atoms with E-state index in [1.165, 1.54) is 0 Å². The summed E-state index contributed by atoms with van der Waals surface area (Å²) in [6.45, 7) is 0.486. The van der Waals surface area contributed by atoms with Gasteiger partial charge in [-0.05, 0) is 19.4 Å². The third kappa shape index (κ3) is 10.8. The second kappa shape index (κ2) is 8.66. The van der Waals surface area contributed by atoms with Crippen molar-refractivity contribution < 1.29 is 23.7 Å². The zero-order chi connectivity index (χ0) is 11.2. The summed E-state index contributed by atoms with van der Waals surface area (Å²) in [6.07, 6.45) is 1.63. The molecule has 1 atom stereocenters. The molecule has 0 unspecified atom stereocenters. The summed E-state index contributed by atoms with van der Waals surface area (Å²) in [5.41, 5.74) is 10.5. The van der Waals surface area contributed by atoms with Crippen molar-refractivity contribution in [1.29, 1.82) is 0 Å². The van der Waals surface area contributed by atoms with Gasteiger partial charge in [0.2, 0.25) is 0 Å². The minimum atomic E-state index is -4.77. The van der Waals surface area contributed by atoms with Gasteiger partial charge in [0, 0.05) is 0 Å². The Balaban J connectivity index is 0. The van der Waals surface area contributed by atoms with Crippen LogP contribution in [0.2, 0.25) is 0 Å². The number of phosphoric acid groups is 1. The summed E-state index contributed by atoms with van der Waals surface area (Å²) in [5, 5.41) is 0. The predicted octanol–water partition coefficient (Wildman–Crippen LogP) is -1.57. The van der Waals surface area contributed by atoms with Gasteiger partial charge in [0.15, 0.2) is 0 Å². The molecule has 0 spiro atoms. The molecule has 15 heavy (non-hydrogen) atoms. The number of carbonyl (C=O) groups is 1. The molecule has 0 bridgehead atoms. The number of hydrogen-bond donors (Lipinski definition) is 4. The maximum absolute atomic E-state index is 10.9. The van der Waals surface area contributed by atoms with Crippen molar-refractivity contribution in [2.24, 2.45) is 11.5 Å². The number of carbonyl (C=O) groups excluding carboxylic acids is 1. The molecule has 0 aliphatic heterocycles. The van der Waals surface area contributed by atoms with Crippen molar-refractivity contribution in [3.05, 3.63) is 0 Å². The van der Waals surface area contributed by atoms with Gasteiger partial charge in [-0.2, -0.15) is 0 Å². The monoisotopic (exact) mass is 250 g/mol. The molecule has 0 heterocycles. The summed E-state index contributed by atoms with van der Waals surface area (Å²) in [7, 11) is -4.77. The van der Waals surface area contributed by atoms with E-state index in [1.807, 2.05) is 0 Å². The van der Waals surface area contributed by atoms with Crippen molar-refractivity contribution in [3.63, 3.8) is 0 Å². The van der Waals surface area contributed by atoms with Crippen molar-refractivity contribution in [1.82, 2.24) is 0 Å². The predicted molar refractivity (Wildman–Crippen MR) is 56.2 cm³/mol. The Morgan fingerprint density at radius 1 is 1.40 bits per heavy atom. The van der Waals surface area contributed by atoms with E-state index in [0.717, 1.165) is 0 Å². The van der Waals surface area contributed by atoms with Crippen LogP contribution in [0.5, 0.6) is 0 Å². The molecule has 9 heteroatoms. The first-order valence-electron chi connectivity index (χ1n) is 4.11. The fraction of sp³-hybridized carbons (Fsp3) is 0.833. The van der Waals surface area contributed by atoms with Crippen LogP contribution in [0.25, 0.3) is 0 Å². The molecule has 6 N–H and O–H groups in total. The second-order valence-corrected chi connectivity index (χ2v) is 3.96. The van der Waals surface area contributed by atoms with Crippen molar-refractivity contribution >= 4 is 43.3 Å². The average Bonchev–Trinajstić information content (AvgIpc) is 2.01. The van der Waals surface area contributed by atoms with Crippen LogP contribution in [0.1, 0.15) is 19.3 Å². The topological polar surface area (TPSA) is 136 Å². The molecule has 0 amide bonds. The van der Waals surface area contributed by atoms with Gasteiger partial charge in [0.25, 0.3) is 0 Å². The van der Waals surface area contributed by atoms with Crippen LogP contribution in [0, 0.1) is 0 Å². The molecule has 0 saturated carbocycles. The van der Waals surface area contributed by atoms with Gasteiger partial charge in [-0.25, -0.2) is 9.36 Å². The Kier molecular flexibility index (Phi) is 10.4. The summed E-state index contributed by atoms with van der Waals surface area (Å²) >= 11 is 0. The molecule has 0 radical (unpaired) electrons. The molecule has 0 aliphatic rings. The summed E-state index contributed by atoms with van der Waals surface area (Å²) in [4.78, 5) is 27.5. The van der Waals surface area contributed by atoms with E-state index in [9.17, 15) is 9.36 Å². The van der Waals surface area contributed by atoms with Crippen LogP contribution in [-0.4, -0.2) is 57.9 Å². The van der Waals surface area contributed by atoms with E-state index in [2.05, 4.69) is 4.52 Å². The maximum atomic E-state index is 10.9. The van der Waals surface area contributed by atoms with Crippen LogP contribution in [0.3, 0.4) is 0 Å². The van der Waals surface area contributed by atoms with Crippen molar-refractivity contribution in [2.45, 2.75) is 25.3 Å². The fourth-order valence-electron chi connectivity index (χ4n) is 0.811. The van der Waals surface area contributed by atoms with Gasteiger partial charge < -0.3 is 16.0 Å². The molecule has 86 valence electrons. The van der Waals surface area contributed by atoms with Crippen LogP contribution >= 0.6 is 7.82 Å². The number of nitrogens with two attached hydrogens (primary N) is 2. The second-order valence-electron chi connectivity index (χ2n) is 2.79. The molecule has 0 aromatic carbocycles. The van der Waals surface area contributed by atoms with E-state index >= 15 is 0 Å². The van der Waals surface area contributed by atoms with Crippen molar-refractivity contribution in [2.75, 3.05) is 6.54 Å². The van der Waals surface area contributed by atoms with Crippen LogP contribution < -0.4 is 11.5 Å². The van der Waals surface area contributed by atoms with Crippen LogP contribution in [-0.2, 0) is 13.9 Å². The standard InChI is InChI=1S/C6H15N2O5P.Na.H/c7-4-2-1-3-5(8)6(9)13-14(10,11)12;;/h5H,1-4,7-8H2,(H2,10,11,12);;/t5-;;/m0../s1.